The van der Waals surface area contributed by atoms with Crippen LogP contribution in [0.25, 0.3) is 27.2 Å². The Bertz CT molecular complexity index is 1250. The highest BCUT2D eigenvalue weighted by atomic mass is 16.6. The van der Waals surface area contributed by atoms with Gasteiger partial charge in [-0.25, -0.2) is 4.98 Å². The normalized spacial score (nSPS) is 11.8. The van der Waals surface area contributed by atoms with Crippen LogP contribution in [0.2, 0.25) is 0 Å². The van der Waals surface area contributed by atoms with Gasteiger partial charge in [0.05, 0.1) is 5.39 Å². The summed E-state index contributed by atoms with van der Waals surface area (Å²) in [7, 11) is 0. The molecule has 0 fully saturated rings. The molecule has 0 saturated carbocycles. The highest BCUT2D eigenvalue weighted by Gasteiger charge is 2.22. The maximum Gasteiger partial charge on any atom is 0.328 e. The quantitative estimate of drug-likeness (QED) is 0.270. The van der Waals surface area contributed by atoms with Crippen LogP contribution in [0.15, 0.2) is 41.3 Å². The lowest BCUT2D eigenvalue weighted by Gasteiger charge is -2.16. The Hall–Kier alpha value is -3.26. The van der Waals surface area contributed by atoms with E-state index in [2.05, 4.69) is 29.5 Å². The molecule has 0 radical (unpaired) electrons. The van der Waals surface area contributed by atoms with Crippen LogP contribution in [0.3, 0.4) is 0 Å². The van der Waals surface area contributed by atoms with E-state index in [0.717, 1.165) is 24.8 Å². The predicted molar refractivity (Wildman–Crippen MR) is 115 cm³/mol. The molecular weight excluding hydrogens is 370 g/mol. The standard InChI is InChI=1S/C21H23N5O3/c1-3-13(4-2)22-10-11-23-21-14-6-5-7-16-19(14)15(12-24-21)20(27)17-8-9-18(25(16)17)26(28)29/h5-9,12-13,22H,3-4,10-11H2,1-2H3,(H,23,24). The molecule has 0 spiro atoms. The van der Waals surface area contributed by atoms with Crippen LogP contribution in [0.5, 0.6) is 0 Å². The molecule has 3 heterocycles. The third-order valence-electron chi connectivity index (χ3n) is 5.49. The van der Waals surface area contributed by atoms with Crippen LogP contribution in [-0.2, 0) is 0 Å². The fourth-order valence-electron chi connectivity index (χ4n) is 3.95. The van der Waals surface area contributed by atoms with Crippen molar-refractivity contribution in [1.82, 2.24) is 14.7 Å². The Morgan fingerprint density at radius 2 is 1.90 bits per heavy atom. The zero-order valence-electron chi connectivity index (χ0n) is 16.4. The second-order valence-corrected chi connectivity index (χ2v) is 7.11. The lowest BCUT2D eigenvalue weighted by molar-refractivity contribution is -0.390. The van der Waals surface area contributed by atoms with Crippen molar-refractivity contribution in [1.29, 1.82) is 0 Å². The molecule has 0 unspecified atom stereocenters. The van der Waals surface area contributed by atoms with E-state index in [4.69, 9.17) is 0 Å². The van der Waals surface area contributed by atoms with Crippen molar-refractivity contribution in [2.75, 3.05) is 18.4 Å². The minimum Gasteiger partial charge on any atom is -0.368 e. The van der Waals surface area contributed by atoms with Crippen LogP contribution in [0.4, 0.5) is 11.6 Å². The minimum atomic E-state index is -0.468. The summed E-state index contributed by atoms with van der Waals surface area (Å²) in [6.45, 7) is 5.80. The number of hydrogen-bond acceptors (Lipinski definition) is 6. The van der Waals surface area contributed by atoms with Gasteiger partial charge in [0.1, 0.15) is 11.3 Å². The topological polar surface area (TPSA) is 102 Å². The first-order valence-electron chi connectivity index (χ1n) is 9.87. The van der Waals surface area contributed by atoms with Crippen molar-refractivity contribution < 1.29 is 4.92 Å². The van der Waals surface area contributed by atoms with Gasteiger partial charge in [0, 0.05) is 42.2 Å². The molecule has 0 aliphatic heterocycles. The molecule has 3 aromatic heterocycles. The minimum absolute atomic E-state index is 0.118. The van der Waals surface area contributed by atoms with Gasteiger partial charge in [0.2, 0.25) is 5.43 Å². The Kier molecular flexibility index (Phi) is 5.02. The van der Waals surface area contributed by atoms with Crippen molar-refractivity contribution in [2.24, 2.45) is 0 Å². The van der Waals surface area contributed by atoms with Crippen molar-refractivity contribution in [2.45, 2.75) is 32.7 Å². The molecule has 2 N–H and O–H groups in total. The Morgan fingerprint density at radius 3 is 2.62 bits per heavy atom. The number of nitrogens with zero attached hydrogens (tertiary/aromatic N) is 3. The van der Waals surface area contributed by atoms with Gasteiger partial charge in [-0.15, -0.1) is 0 Å². The third kappa shape index (κ3) is 3.15. The second-order valence-electron chi connectivity index (χ2n) is 7.11. The van der Waals surface area contributed by atoms with E-state index in [1.54, 1.807) is 12.3 Å². The lowest BCUT2D eigenvalue weighted by atomic mass is 10.1. The monoisotopic (exact) mass is 393 g/mol. The first kappa shape index (κ1) is 19.1. The second kappa shape index (κ2) is 7.63. The van der Waals surface area contributed by atoms with Gasteiger partial charge in [-0.3, -0.25) is 4.79 Å². The largest absolute Gasteiger partial charge is 0.368 e. The number of anilines is 1. The van der Waals surface area contributed by atoms with Gasteiger partial charge in [0.25, 0.3) is 0 Å². The number of fused-ring (bicyclic) bond motifs is 2. The Morgan fingerprint density at radius 1 is 1.10 bits per heavy atom. The number of rotatable bonds is 8. The zero-order valence-corrected chi connectivity index (χ0v) is 16.4. The van der Waals surface area contributed by atoms with Crippen LogP contribution < -0.4 is 16.1 Å². The van der Waals surface area contributed by atoms with Gasteiger partial charge in [0.15, 0.2) is 5.52 Å². The number of nitrogens with one attached hydrogen (secondary N) is 2. The van der Waals surface area contributed by atoms with E-state index in [9.17, 15) is 14.9 Å². The zero-order chi connectivity index (χ0) is 20.5. The van der Waals surface area contributed by atoms with Gasteiger partial charge < -0.3 is 20.7 Å². The molecule has 0 atom stereocenters. The van der Waals surface area contributed by atoms with E-state index in [1.807, 2.05) is 12.1 Å². The van der Waals surface area contributed by atoms with Crippen LogP contribution in [0.1, 0.15) is 26.7 Å². The summed E-state index contributed by atoms with van der Waals surface area (Å²) in [4.78, 5) is 28.4. The molecule has 0 saturated heterocycles. The highest BCUT2D eigenvalue weighted by Crippen LogP contribution is 2.31. The fraction of sp³-hybridized carbons (Fsp3) is 0.333. The summed E-state index contributed by atoms with van der Waals surface area (Å²) < 4.78 is 1.43. The van der Waals surface area contributed by atoms with E-state index in [1.165, 1.54) is 16.5 Å². The molecule has 0 aliphatic carbocycles. The van der Waals surface area contributed by atoms with Crippen molar-refractivity contribution >= 4 is 38.8 Å². The highest BCUT2D eigenvalue weighted by molar-refractivity contribution is 6.13. The van der Waals surface area contributed by atoms with Crippen molar-refractivity contribution in [3.05, 3.63) is 56.9 Å². The average molecular weight is 393 g/mol. The molecule has 4 aromatic rings. The molecule has 8 heteroatoms. The van der Waals surface area contributed by atoms with Gasteiger partial charge in [-0.1, -0.05) is 26.0 Å². The van der Waals surface area contributed by atoms with Gasteiger partial charge >= 0.3 is 5.82 Å². The fourth-order valence-corrected chi connectivity index (χ4v) is 3.95. The summed E-state index contributed by atoms with van der Waals surface area (Å²) in [5.74, 6) is 0.551. The molecule has 0 amide bonds. The molecule has 0 aliphatic rings. The summed E-state index contributed by atoms with van der Waals surface area (Å²) in [6, 6.07) is 8.88. The maximum absolute atomic E-state index is 12.9. The lowest BCUT2D eigenvalue weighted by Crippen LogP contribution is -2.32. The van der Waals surface area contributed by atoms with E-state index in [0.29, 0.717) is 34.7 Å². The first-order chi connectivity index (χ1) is 14.1. The summed E-state index contributed by atoms with van der Waals surface area (Å²) in [5, 5.41) is 20.2. The number of pyridine rings is 2. The number of nitro groups is 1. The van der Waals surface area contributed by atoms with Gasteiger partial charge in [-0.2, -0.15) is 4.40 Å². The number of benzene rings is 1. The molecule has 29 heavy (non-hydrogen) atoms. The molecule has 0 bridgehead atoms. The molecule has 8 nitrogen and oxygen atoms in total. The van der Waals surface area contributed by atoms with Crippen LogP contribution in [0, 0.1) is 10.1 Å². The predicted octanol–water partition coefficient (Wildman–Crippen LogP) is 3.54. The van der Waals surface area contributed by atoms with Gasteiger partial charge in [-0.05, 0) is 29.9 Å². The SMILES string of the molecule is CCC(CC)NCCNc1ncc2c(=O)c3ccc([N+](=O)[O-])n3c3cccc1c23. The molecule has 1 aromatic carbocycles. The first-order valence-corrected chi connectivity index (χ1v) is 9.87. The maximum atomic E-state index is 12.9. The van der Waals surface area contributed by atoms with Crippen LogP contribution >= 0.6 is 0 Å². The van der Waals surface area contributed by atoms with Crippen molar-refractivity contribution in [3.63, 3.8) is 0 Å². The van der Waals surface area contributed by atoms with E-state index >= 15 is 0 Å². The molecule has 4 rings (SSSR count). The van der Waals surface area contributed by atoms with Crippen molar-refractivity contribution in [3.8, 4) is 0 Å². The Balaban J connectivity index is 1.79. The smallest absolute Gasteiger partial charge is 0.328 e. The van der Waals surface area contributed by atoms with E-state index < -0.39 is 4.92 Å². The van der Waals surface area contributed by atoms with Crippen LogP contribution in [-0.4, -0.2) is 33.4 Å². The summed E-state index contributed by atoms with van der Waals surface area (Å²) >= 11 is 0. The Labute approximate surface area is 167 Å². The summed E-state index contributed by atoms with van der Waals surface area (Å²) in [6.07, 6.45) is 3.72. The molecular formula is C21H23N5O3. The van der Waals surface area contributed by atoms with E-state index in [-0.39, 0.29) is 16.8 Å². The average Bonchev–Trinajstić information content (AvgIpc) is 3.18. The number of hydrogen-bond donors (Lipinski definition) is 2. The molecule has 150 valence electrons. The summed E-state index contributed by atoms with van der Waals surface area (Å²) in [5.41, 5.74) is 0.661. The third-order valence-corrected chi connectivity index (χ3v) is 5.49. The number of aromatic nitrogens is 2.